The maximum absolute atomic E-state index is 9.15. The minimum atomic E-state index is 0.317. The van der Waals surface area contributed by atoms with Crippen LogP contribution in [0.15, 0.2) is 5.03 Å². The second-order valence-corrected chi connectivity index (χ2v) is 5.18. The molecule has 2 aromatic heterocycles. The molecule has 2 rings (SSSR count). The molecule has 0 aromatic carbocycles. The lowest BCUT2D eigenvalue weighted by Gasteiger charge is -2.07. The van der Waals surface area contributed by atoms with Gasteiger partial charge < -0.3 is 5.73 Å². The summed E-state index contributed by atoms with van der Waals surface area (Å²) in [5, 5.41) is 14.2. The first-order valence-electron chi connectivity index (χ1n) is 5.97. The lowest BCUT2D eigenvalue weighted by molar-refractivity contribution is 0.859. The third-order valence-corrected chi connectivity index (χ3v) is 3.55. The Morgan fingerprint density at radius 2 is 2.00 bits per heavy atom. The van der Waals surface area contributed by atoms with E-state index >= 15 is 0 Å². The summed E-state index contributed by atoms with van der Waals surface area (Å²) in [7, 11) is 0. The largest absolute Gasteiger partial charge is 0.382 e. The van der Waals surface area contributed by atoms with Crippen molar-refractivity contribution in [3.63, 3.8) is 0 Å². The summed E-state index contributed by atoms with van der Waals surface area (Å²) >= 11 is 1.42. The Labute approximate surface area is 123 Å². The zero-order chi connectivity index (χ0) is 15.4. The molecular formula is C14H17N5S. The van der Waals surface area contributed by atoms with Crippen LogP contribution in [0.2, 0.25) is 0 Å². The van der Waals surface area contributed by atoms with Gasteiger partial charge in [0.2, 0.25) is 0 Å². The fourth-order valence-electron chi connectivity index (χ4n) is 2.10. The molecule has 0 amide bonds. The zero-order valence-corrected chi connectivity index (χ0v) is 12.8. The van der Waals surface area contributed by atoms with E-state index in [2.05, 4.69) is 42.8 Å². The van der Waals surface area contributed by atoms with Crippen LogP contribution >= 0.6 is 11.8 Å². The van der Waals surface area contributed by atoms with Gasteiger partial charge in [-0.3, -0.25) is 0 Å². The van der Waals surface area contributed by atoms with Crippen molar-refractivity contribution < 1.29 is 0 Å². The van der Waals surface area contributed by atoms with Crippen molar-refractivity contribution in [3.8, 4) is 18.9 Å². The van der Waals surface area contributed by atoms with Gasteiger partial charge >= 0.3 is 0 Å². The van der Waals surface area contributed by atoms with Gasteiger partial charge in [-0.2, -0.15) is 14.9 Å². The van der Waals surface area contributed by atoms with Crippen LogP contribution in [0.1, 0.15) is 36.6 Å². The highest BCUT2D eigenvalue weighted by molar-refractivity contribution is 7.98. The highest BCUT2D eigenvalue weighted by atomic mass is 32.2. The summed E-state index contributed by atoms with van der Waals surface area (Å²) in [5.74, 6) is 0.680. The smallest absolute Gasteiger partial charge is 0.162 e. The van der Waals surface area contributed by atoms with Crippen molar-refractivity contribution in [2.75, 3.05) is 12.0 Å². The van der Waals surface area contributed by atoms with Crippen LogP contribution in [0.25, 0.3) is 5.65 Å². The standard InChI is InChI=1S/C12H15N5S.C2H2/c1-6(2)9-7(3)16-17-10(14)8(5-13)12(18-4)15-11(9)17;1-2/h6H,14H2,1-4H3;1-2H. The lowest BCUT2D eigenvalue weighted by Crippen LogP contribution is -2.06. The zero-order valence-electron chi connectivity index (χ0n) is 12.0. The number of terminal acetylenes is 1. The van der Waals surface area contributed by atoms with Crippen molar-refractivity contribution in [2.24, 2.45) is 0 Å². The van der Waals surface area contributed by atoms with E-state index in [0.29, 0.717) is 22.3 Å². The average molecular weight is 287 g/mol. The number of nitrogens with zero attached hydrogens (tertiary/aromatic N) is 4. The molecule has 0 fully saturated rings. The highest BCUT2D eigenvalue weighted by Gasteiger charge is 2.19. The number of thioether (sulfide) groups is 1. The van der Waals surface area contributed by atoms with E-state index in [4.69, 9.17) is 11.0 Å². The average Bonchev–Trinajstić information content (AvgIpc) is 2.77. The number of anilines is 1. The van der Waals surface area contributed by atoms with Crippen LogP contribution in [0.4, 0.5) is 5.82 Å². The number of aromatic nitrogens is 3. The molecule has 20 heavy (non-hydrogen) atoms. The summed E-state index contributed by atoms with van der Waals surface area (Å²) in [5.41, 5.74) is 9.16. The Hall–Kier alpha value is -2.18. The van der Waals surface area contributed by atoms with E-state index in [0.717, 1.165) is 16.9 Å². The van der Waals surface area contributed by atoms with Gasteiger partial charge in [0.1, 0.15) is 22.5 Å². The SMILES string of the molecule is C#C.CSc1nc2c(C(C)C)c(C)nn2c(N)c1C#N. The van der Waals surface area contributed by atoms with Gasteiger partial charge in [-0.15, -0.1) is 24.6 Å². The van der Waals surface area contributed by atoms with Crippen LogP contribution in [0.3, 0.4) is 0 Å². The molecule has 0 saturated heterocycles. The molecule has 2 N–H and O–H groups in total. The molecule has 0 unspecified atom stereocenters. The topological polar surface area (TPSA) is 80.0 Å². The Bertz CT molecular complexity index is 691. The van der Waals surface area contributed by atoms with Crippen LogP contribution < -0.4 is 5.73 Å². The van der Waals surface area contributed by atoms with E-state index in [-0.39, 0.29) is 0 Å². The van der Waals surface area contributed by atoms with E-state index in [9.17, 15) is 0 Å². The Balaban J connectivity index is 0.000000956. The number of nitrogens with two attached hydrogens (primary N) is 1. The highest BCUT2D eigenvalue weighted by Crippen LogP contribution is 2.29. The molecule has 0 spiro atoms. The number of hydrogen-bond donors (Lipinski definition) is 1. The van der Waals surface area contributed by atoms with Crippen LogP contribution in [-0.4, -0.2) is 20.9 Å². The normalized spacial score (nSPS) is 10.1. The molecule has 0 bridgehead atoms. The van der Waals surface area contributed by atoms with Gasteiger partial charge in [0, 0.05) is 5.56 Å². The maximum atomic E-state index is 9.15. The number of nitrogen functional groups attached to an aromatic ring is 1. The predicted octanol–water partition coefficient (Wildman–Crippen LogP) is 2.59. The molecule has 2 heterocycles. The van der Waals surface area contributed by atoms with Crippen molar-refractivity contribution in [1.29, 1.82) is 5.26 Å². The van der Waals surface area contributed by atoms with Crippen molar-refractivity contribution in [1.82, 2.24) is 14.6 Å². The van der Waals surface area contributed by atoms with E-state index in [1.165, 1.54) is 11.8 Å². The number of rotatable bonds is 2. The van der Waals surface area contributed by atoms with Crippen LogP contribution in [0, 0.1) is 31.1 Å². The molecule has 6 heteroatoms. The van der Waals surface area contributed by atoms with Crippen LogP contribution in [0.5, 0.6) is 0 Å². The quantitative estimate of drug-likeness (QED) is 0.521. The molecule has 0 saturated carbocycles. The summed E-state index contributed by atoms with van der Waals surface area (Å²) in [4.78, 5) is 4.53. The van der Waals surface area contributed by atoms with E-state index in [1.807, 2.05) is 13.2 Å². The Morgan fingerprint density at radius 3 is 2.45 bits per heavy atom. The molecule has 2 aromatic rings. The fourth-order valence-corrected chi connectivity index (χ4v) is 2.63. The Kier molecular flexibility index (Phi) is 5.01. The van der Waals surface area contributed by atoms with Crippen molar-refractivity contribution in [3.05, 3.63) is 16.8 Å². The van der Waals surface area contributed by atoms with Gasteiger partial charge in [-0.1, -0.05) is 13.8 Å². The van der Waals surface area contributed by atoms with Crippen molar-refractivity contribution in [2.45, 2.75) is 31.7 Å². The third kappa shape index (κ3) is 2.43. The van der Waals surface area contributed by atoms with Gasteiger partial charge in [-0.25, -0.2) is 4.98 Å². The molecule has 0 aliphatic carbocycles. The molecule has 5 nitrogen and oxygen atoms in total. The first-order valence-corrected chi connectivity index (χ1v) is 7.19. The molecular weight excluding hydrogens is 270 g/mol. The summed E-state index contributed by atoms with van der Waals surface area (Å²) in [6.07, 6.45) is 9.89. The van der Waals surface area contributed by atoms with Crippen molar-refractivity contribution >= 4 is 23.2 Å². The summed E-state index contributed by atoms with van der Waals surface area (Å²) < 4.78 is 1.57. The van der Waals surface area contributed by atoms with Gasteiger partial charge in [0.25, 0.3) is 0 Å². The monoisotopic (exact) mass is 287 g/mol. The lowest BCUT2D eigenvalue weighted by atomic mass is 10.0. The second-order valence-electron chi connectivity index (χ2n) is 4.38. The van der Waals surface area contributed by atoms with E-state index < -0.39 is 0 Å². The maximum Gasteiger partial charge on any atom is 0.162 e. The molecule has 0 aliphatic heterocycles. The van der Waals surface area contributed by atoms with Gasteiger partial charge in [0.15, 0.2) is 5.65 Å². The minimum Gasteiger partial charge on any atom is -0.382 e. The minimum absolute atomic E-state index is 0.317. The molecule has 0 atom stereocenters. The molecule has 104 valence electrons. The van der Waals surface area contributed by atoms with Gasteiger partial charge in [-0.05, 0) is 19.1 Å². The number of hydrogen-bond acceptors (Lipinski definition) is 5. The second kappa shape index (κ2) is 6.31. The third-order valence-electron chi connectivity index (χ3n) is 2.87. The number of aryl methyl sites for hydroxylation is 1. The van der Waals surface area contributed by atoms with Gasteiger partial charge in [0.05, 0.1) is 5.69 Å². The molecule has 0 radical (unpaired) electrons. The first kappa shape index (κ1) is 15.9. The summed E-state index contributed by atoms with van der Waals surface area (Å²) in [6.45, 7) is 6.13. The van der Waals surface area contributed by atoms with E-state index in [1.54, 1.807) is 4.52 Å². The fraction of sp³-hybridized carbons (Fsp3) is 0.357. The summed E-state index contributed by atoms with van der Waals surface area (Å²) in [6, 6.07) is 2.10. The number of nitriles is 1. The number of fused-ring (bicyclic) bond motifs is 1. The first-order chi connectivity index (χ1) is 9.51. The Morgan fingerprint density at radius 1 is 1.40 bits per heavy atom. The predicted molar refractivity (Wildman–Crippen MR) is 82.6 cm³/mol. The molecule has 0 aliphatic rings. The van der Waals surface area contributed by atoms with Crippen LogP contribution in [-0.2, 0) is 0 Å².